The molecule has 0 radical (unpaired) electrons. The Morgan fingerprint density at radius 2 is 1.90 bits per heavy atom. The lowest BCUT2D eigenvalue weighted by atomic mass is 9.90. The number of carbonyl (C=O) groups is 2. The van der Waals surface area contributed by atoms with Crippen molar-refractivity contribution in [2.45, 2.75) is 31.6 Å². The van der Waals surface area contributed by atoms with Crippen LogP contribution in [0.5, 0.6) is 0 Å². The number of rotatable bonds is 8. The van der Waals surface area contributed by atoms with E-state index in [0.29, 0.717) is 25.1 Å². The van der Waals surface area contributed by atoms with E-state index in [4.69, 9.17) is 5.11 Å². The van der Waals surface area contributed by atoms with Crippen LogP contribution in [0, 0.1) is 5.41 Å². The van der Waals surface area contributed by atoms with Crippen LogP contribution in [0.25, 0.3) is 0 Å². The topological polar surface area (TPSA) is 66.4 Å². The molecule has 0 spiro atoms. The van der Waals surface area contributed by atoms with Gasteiger partial charge < -0.3 is 10.4 Å². The molecule has 0 aliphatic heterocycles. The van der Waals surface area contributed by atoms with Crippen LogP contribution in [0.15, 0.2) is 33.6 Å². The van der Waals surface area contributed by atoms with E-state index in [1.807, 2.05) is 24.3 Å². The van der Waals surface area contributed by atoms with Crippen molar-refractivity contribution in [1.29, 1.82) is 0 Å². The standard InChI is InChI=1S/C15H20BrNO3S/c1-15(2,14(19)20)8-9-17-13(18)7-10-21-12-5-3-11(16)4-6-12/h3-6H,7-10H2,1-2H3,(H,17,18)(H,19,20). The van der Waals surface area contributed by atoms with Crippen molar-refractivity contribution in [3.63, 3.8) is 0 Å². The molecule has 2 N–H and O–H groups in total. The summed E-state index contributed by atoms with van der Waals surface area (Å²) < 4.78 is 1.03. The molecule has 4 nitrogen and oxygen atoms in total. The highest BCUT2D eigenvalue weighted by Gasteiger charge is 2.26. The normalized spacial score (nSPS) is 11.2. The second kappa shape index (κ2) is 8.44. The van der Waals surface area contributed by atoms with Gasteiger partial charge in [0.1, 0.15) is 0 Å². The zero-order chi connectivity index (χ0) is 15.9. The van der Waals surface area contributed by atoms with Crippen molar-refractivity contribution in [2.24, 2.45) is 5.41 Å². The number of benzene rings is 1. The van der Waals surface area contributed by atoms with Gasteiger partial charge in [-0.05, 0) is 44.5 Å². The summed E-state index contributed by atoms with van der Waals surface area (Å²) in [7, 11) is 0. The van der Waals surface area contributed by atoms with Crippen LogP contribution in [-0.2, 0) is 9.59 Å². The molecular formula is C15H20BrNO3S. The smallest absolute Gasteiger partial charge is 0.309 e. The lowest BCUT2D eigenvalue weighted by molar-refractivity contribution is -0.147. The van der Waals surface area contributed by atoms with Crippen LogP contribution >= 0.6 is 27.7 Å². The summed E-state index contributed by atoms with van der Waals surface area (Å²) in [6.07, 6.45) is 0.849. The molecular weight excluding hydrogens is 354 g/mol. The minimum absolute atomic E-state index is 0.0409. The second-order valence-electron chi connectivity index (χ2n) is 5.34. The molecule has 0 saturated heterocycles. The third kappa shape index (κ3) is 7.00. The molecule has 1 aromatic carbocycles. The van der Waals surface area contributed by atoms with Gasteiger partial charge in [-0.15, -0.1) is 11.8 Å². The predicted molar refractivity (Wildman–Crippen MR) is 88.5 cm³/mol. The highest BCUT2D eigenvalue weighted by molar-refractivity contribution is 9.10. The molecule has 0 heterocycles. The number of halogens is 1. The van der Waals surface area contributed by atoms with Crippen LogP contribution in [0.4, 0.5) is 0 Å². The average molecular weight is 374 g/mol. The first kappa shape index (κ1) is 18.0. The first-order chi connectivity index (χ1) is 9.81. The van der Waals surface area contributed by atoms with Gasteiger partial charge in [-0.25, -0.2) is 0 Å². The van der Waals surface area contributed by atoms with Crippen LogP contribution in [-0.4, -0.2) is 29.3 Å². The summed E-state index contributed by atoms with van der Waals surface area (Å²) in [5, 5.41) is 11.7. The number of carbonyl (C=O) groups excluding carboxylic acids is 1. The van der Waals surface area contributed by atoms with Crippen LogP contribution in [0.3, 0.4) is 0 Å². The number of thioether (sulfide) groups is 1. The number of hydrogen-bond donors (Lipinski definition) is 2. The summed E-state index contributed by atoms with van der Waals surface area (Å²) in [5.74, 6) is -0.182. The van der Waals surface area contributed by atoms with E-state index in [-0.39, 0.29) is 5.91 Å². The summed E-state index contributed by atoms with van der Waals surface area (Å²) in [5.41, 5.74) is -0.806. The molecule has 0 aromatic heterocycles. The maximum atomic E-state index is 11.7. The van der Waals surface area contributed by atoms with Crippen molar-refractivity contribution in [3.8, 4) is 0 Å². The van der Waals surface area contributed by atoms with Gasteiger partial charge in [-0.1, -0.05) is 15.9 Å². The fourth-order valence-corrected chi connectivity index (χ4v) is 2.62. The van der Waals surface area contributed by atoms with E-state index in [2.05, 4.69) is 21.2 Å². The van der Waals surface area contributed by atoms with E-state index < -0.39 is 11.4 Å². The molecule has 0 fully saturated rings. The van der Waals surface area contributed by atoms with Gasteiger partial charge in [-0.2, -0.15) is 0 Å². The van der Waals surface area contributed by atoms with Crippen LogP contribution < -0.4 is 5.32 Å². The number of aliphatic carboxylic acids is 1. The Morgan fingerprint density at radius 3 is 2.48 bits per heavy atom. The van der Waals surface area contributed by atoms with Crippen molar-refractivity contribution < 1.29 is 14.7 Å². The van der Waals surface area contributed by atoms with Crippen molar-refractivity contribution >= 4 is 39.6 Å². The monoisotopic (exact) mass is 373 g/mol. The van der Waals surface area contributed by atoms with Crippen molar-refractivity contribution in [1.82, 2.24) is 5.32 Å². The van der Waals surface area contributed by atoms with Crippen LogP contribution in [0.1, 0.15) is 26.7 Å². The molecule has 0 saturated carbocycles. The van der Waals surface area contributed by atoms with Gasteiger partial charge in [0.05, 0.1) is 5.41 Å². The Kier molecular flexibility index (Phi) is 7.25. The SMILES string of the molecule is CC(C)(CCNC(=O)CCSc1ccc(Br)cc1)C(=O)O. The molecule has 6 heteroatoms. The summed E-state index contributed by atoms with van der Waals surface area (Å²) in [4.78, 5) is 23.7. The highest BCUT2D eigenvalue weighted by atomic mass is 79.9. The lowest BCUT2D eigenvalue weighted by Crippen LogP contribution is -2.32. The number of nitrogens with one attached hydrogen (secondary N) is 1. The first-order valence-electron chi connectivity index (χ1n) is 6.70. The minimum Gasteiger partial charge on any atom is -0.481 e. The zero-order valence-electron chi connectivity index (χ0n) is 12.2. The molecule has 0 aliphatic rings. The minimum atomic E-state index is -0.845. The molecule has 0 bridgehead atoms. The maximum absolute atomic E-state index is 11.7. The molecule has 116 valence electrons. The number of amides is 1. The Bertz CT molecular complexity index is 488. The van der Waals surface area contributed by atoms with E-state index >= 15 is 0 Å². The Balaban J connectivity index is 2.20. The Labute approximate surface area is 137 Å². The van der Waals surface area contributed by atoms with Gasteiger partial charge >= 0.3 is 5.97 Å². The molecule has 0 aliphatic carbocycles. The molecule has 1 aromatic rings. The lowest BCUT2D eigenvalue weighted by Gasteiger charge is -2.18. The van der Waals surface area contributed by atoms with E-state index in [9.17, 15) is 9.59 Å². The summed E-state index contributed by atoms with van der Waals surface area (Å²) >= 11 is 5.00. The third-order valence-corrected chi connectivity index (χ3v) is 4.61. The summed E-state index contributed by atoms with van der Waals surface area (Å²) in [6, 6.07) is 7.94. The number of hydrogen-bond acceptors (Lipinski definition) is 3. The van der Waals surface area contributed by atoms with Gasteiger partial charge in [0.25, 0.3) is 0 Å². The van der Waals surface area contributed by atoms with Gasteiger partial charge in [0.2, 0.25) is 5.91 Å². The third-order valence-electron chi connectivity index (χ3n) is 3.06. The first-order valence-corrected chi connectivity index (χ1v) is 8.47. The fraction of sp³-hybridized carbons (Fsp3) is 0.467. The largest absolute Gasteiger partial charge is 0.481 e. The highest BCUT2D eigenvalue weighted by Crippen LogP contribution is 2.21. The van der Waals surface area contributed by atoms with Gasteiger partial charge in [-0.3, -0.25) is 9.59 Å². The summed E-state index contributed by atoms with van der Waals surface area (Å²) in [6.45, 7) is 3.71. The number of carboxylic acids is 1. The van der Waals surface area contributed by atoms with Crippen LogP contribution in [0.2, 0.25) is 0 Å². The maximum Gasteiger partial charge on any atom is 0.309 e. The Hall–Kier alpha value is -1.01. The molecule has 0 unspecified atom stereocenters. The molecule has 0 atom stereocenters. The predicted octanol–water partition coefficient (Wildman–Crippen LogP) is 3.55. The van der Waals surface area contributed by atoms with Gasteiger partial charge in [0, 0.05) is 28.1 Å². The van der Waals surface area contributed by atoms with E-state index in [1.54, 1.807) is 25.6 Å². The Morgan fingerprint density at radius 1 is 1.29 bits per heavy atom. The molecule has 1 amide bonds. The second-order valence-corrected chi connectivity index (χ2v) is 7.43. The zero-order valence-corrected chi connectivity index (χ0v) is 14.6. The molecule has 1 rings (SSSR count). The molecule has 21 heavy (non-hydrogen) atoms. The van der Waals surface area contributed by atoms with E-state index in [1.165, 1.54) is 0 Å². The van der Waals surface area contributed by atoms with Gasteiger partial charge in [0.15, 0.2) is 0 Å². The number of carboxylic acid groups (broad SMARTS) is 1. The fourth-order valence-electron chi connectivity index (χ4n) is 1.50. The van der Waals surface area contributed by atoms with E-state index in [0.717, 1.165) is 9.37 Å². The quantitative estimate of drug-likeness (QED) is 0.683. The average Bonchev–Trinajstić information content (AvgIpc) is 2.40. The van der Waals surface area contributed by atoms with Crippen molar-refractivity contribution in [2.75, 3.05) is 12.3 Å². The van der Waals surface area contributed by atoms with Crippen molar-refractivity contribution in [3.05, 3.63) is 28.7 Å².